The lowest BCUT2D eigenvalue weighted by Crippen LogP contribution is -2.30. The first kappa shape index (κ1) is 22.9. The number of aromatic nitrogens is 2. The Hall–Kier alpha value is -2.78. The van der Waals surface area contributed by atoms with Crippen LogP contribution >= 0.6 is 0 Å². The van der Waals surface area contributed by atoms with Crippen molar-refractivity contribution in [3.05, 3.63) is 23.1 Å². The Kier molecular flexibility index (Phi) is 5.94. The molecule has 0 bridgehead atoms. The molecule has 1 aliphatic rings. The second kappa shape index (κ2) is 8.05. The molecule has 1 fully saturated rings. The van der Waals surface area contributed by atoms with E-state index in [0.29, 0.717) is 17.7 Å². The molecule has 3 rings (SSSR count). The average molecular weight is 440 g/mol. The van der Waals surface area contributed by atoms with Gasteiger partial charge in [-0.3, -0.25) is 9.59 Å². The third kappa shape index (κ3) is 4.33. The molecular formula is C21H26F2N2O6. The number of carboxylic acid groups (broad SMARTS) is 2. The smallest absolute Gasteiger partial charge is 0.317 e. The summed E-state index contributed by atoms with van der Waals surface area (Å²) in [6.45, 7) is 5.98. The molecule has 0 saturated heterocycles. The van der Waals surface area contributed by atoms with Crippen LogP contribution in [0.2, 0.25) is 0 Å². The Morgan fingerprint density at radius 3 is 2.26 bits per heavy atom. The van der Waals surface area contributed by atoms with Crippen LogP contribution in [0.4, 0.5) is 8.78 Å². The minimum Gasteiger partial charge on any atom is -0.481 e. The fourth-order valence-corrected chi connectivity index (χ4v) is 3.52. The predicted molar refractivity (Wildman–Crippen MR) is 104 cm³/mol. The number of hydrogen-bond donors (Lipinski definition) is 2. The van der Waals surface area contributed by atoms with E-state index >= 15 is 0 Å². The van der Waals surface area contributed by atoms with Crippen LogP contribution in [0.25, 0.3) is 11.5 Å². The van der Waals surface area contributed by atoms with Crippen molar-refractivity contribution in [2.24, 2.45) is 11.3 Å². The van der Waals surface area contributed by atoms with E-state index in [4.69, 9.17) is 9.05 Å². The Labute approximate surface area is 177 Å². The molecule has 31 heavy (non-hydrogen) atoms. The van der Waals surface area contributed by atoms with E-state index in [1.54, 1.807) is 6.92 Å². The van der Waals surface area contributed by atoms with E-state index < -0.39 is 40.9 Å². The minimum atomic E-state index is -3.26. The van der Waals surface area contributed by atoms with Crippen molar-refractivity contribution in [1.82, 2.24) is 10.3 Å². The number of halogens is 2. The van der Waals surface area contributed by atoms with Gasteiger partial charge in [0.2, 0.25) is 5.76 Å². The largest absolute Gasteiger partial charge is 0.481 e. The minimum absolute atomic E-state index is 0.0710. The van der Waals surface area contributed by atoms with Gasteiger partial charge < -0.3 is 19.3 Å². The quantitative estimate of drug-likeness (QED) is 0.521. The van der Waals surface area contributed by atoms with Crippen molar-refractivity contribution in [2.45, 2.75) is 71.1 Å². The van der Waals surface area contributed by atoms with Crippen LogP contribution in [0.5, 0.6) is 0 Å². The van der Waals surface area contributed by atoms with Crippen molar-refractivity contribution in [1.29, 1.82) is 0 Å². The van der Waals surface area contributed by atoms with Gasteiger partial charge in [-0.2, -0.15) is 8.78 Å². The van der Waals surface area contributed by atoms with Crippen LogP contribution in [0.3, 0.4) is 0 Å². The number of alkyl halides is 2. The van der Waals surface area contributed by atoms with E-state index in [9.17, 15) is 28.6 Å². The molecule has 8 nitrogen and oxygen atoms in total. The number of carbonyl (C=O) groups is 2. The Morgan fingerprint density at radius 1 is 1.16 bits per heavy atom. The summed E-state index contributed by atoms with van der Waals surface area (Å²) in [6, 6.07) is 1.14. The summed E-state index contributed by atoms with van der Waals surface area (Å²) in [7, 11) is 0. The lowest BCUT2D eigenvalue weighted by molar-refractivity contribution is -0.155. The highest BCUT2D eigenvalue weighted by molar-refractivity contribution is 5.92. The second-order valence-electron chi connectivity index (χ2n) is 9.06. The van der Waals surface area contributed by atoms with Gasteiger partial charge in [0.05, 0.1) is 5.69 Å². The van der Waals surface area contributed by atoms with Gasteiger partial charge in [0.25, 0.3) is 0 Å². The van der Waals surface area contributed by atoms with Crippen molar-refractivity contribution in [3.63, 3.8) is 0 Å². The molecule has 0 aliphatic heterocycles. The molecular weight excluding hydrogens is 414 g/mol. The molecule has 2 N–H and O–H groups in total. The maximum atomic E-state index is 14.7. The molecule has 0 unspecified atom stereocenters. The van der Waals surface area contributed by atoms with Gasteiger partial charge in [0.15, 0.2) is 17.4 Å². The molecule has 1 atom stereocenters. The number of nitrogens with zero attached hydrogens (tertiary/aromatic N) is 2. The van der Waals surface area contributed by atoms with Gasteiger partial charge in [-0.25, -0.2) is 0 Å². The number of rotatable bonds is 9. The fourth-order valence-electron chi connectivity index (χ4n) is 3.52. The highest BCUT2D eigenvalue weighted by atomic mass is 19.3. The molecule has 0 radical (unpaired) electrons. The Morgan fingerprint density at radius 2 is 1.77 bits per heavy atom. The van der Waals surface area contributed by atoms with Crippen LogP contribution in [-0.4, -0.2) is 32.5 Å². The zero-order chi connectivity index (χ0) is 23.1. The molecule has 0 aromatic carbocycles. The number of carboxylic acids is 2. The monoisotopic (exact) mass is 440 g/mol. The van der Waals surface area contributed by atoms with Gasteiger partial charge in [-0.15, -0.1) is 0 Å². The zero-order valence-corrected chi connectivity index (χ0v) is 17.8. The van der Waals surface area contributed by atoms with Crippen LogP contribution in [-0.2, 0) is 15.5 Å². The van der Waals surface area contributed by atoms with E-state index in [2.05, 4.69) is 10.3 Å². The molecule has 2 aromatic rings. The molecule has 0 spiro atoms. The topological polar surface area (TPSA) is 127 Å². The predicted octanol–water partition coefficient (Wildman–Crippen LogP) is 5.01. The van der Waals surface area contributed by atoms with Gasteiger partial charge in [-0.1, -0.05) is 38.0 Å². The summed E-state index contributed by atoms with van der Waals surface area (Å²) in [6.07, 6.45) is 1.96. The molecule has 1 saturated carbocycles. The molecule has 2 heterocycles. The summed E-state index contributed by atoms with van der Waals surface area (Å²) < 4.78 is 39.7. The standard InChI is InChI=1S/C21H26F2N2O6/c1-5-10(8-12(18(26)27)19(28)29)16-15(11-6-7-11)17(31-25-16)13-9-14(30-24-13)21(22,23)20(2,3)4/h9-12H,5-8H2,1-4H3,(H,26,27)(H,28,29)/t10-/m1/s1. The van der Waals surface area contributed by atoms with Crippen LogP contribution in [0.15, 0.2) is 15.1 Å². The van der Waals surface area contributed by atoms with E-state index in [1.807, 2.05) is 0 Å². The average Bonchev–Trinajstić information content (AvgIpc) is 3.21. The van der Waals surface area contributed by atoms with E-state index in [0.717, 1.165) is 18.9 Å². The SMILES string of the molecule is CC[C@H](CC(C(=O)O)C(=O)O)c1noc(-c2cc(C(F)(F)C(C)(C)C)on2)c1C1CC1. The van der Waals surface area contributed by atoms with Crippen molar-refractivity contribution in [2.75, 3.05) is 0 Å². The Bertz CT molecular complexity index is 957. The summed E-state index contributed by atoms with van der Waals surface area (Å²) in [5, 5.41) is 26.3. The molecule has 10 heteroatoms. The summed E-state index contributed by atoms with van der Waals surface area (Å²) in [4.78, 5) is 22.7. The first-order valence-corrected chi connectivity index (χ1v) is 10.2. The first-order chi connectivity index (χ1) is 14.4. The number of hydrogen-bond acceptors (Lipinski definition) is 6. The number of aliphatic carboxylic acids is 2. The highest BCUT2D eigenvalue weighted by Crippen LogP contribution is 2.50. The lowest BCUT2D eigenvalue weighted by Gasteiger charge is -2.27. The molecule has 170 valence electrons. The van der Waals surface area contributed by atoms with Gasteiger partial charge in [0.1, 0.15) is 0 Å². The normalized spacial score (nSPS) is 16.0. The van der Waals surface area contributed by atoms with E-state index in [-0.39, 0.29) is 23.8 Å². The third-order valence-electron chi connectivity index (χ3n) is 5.73. The summed E-state index contributed by atoms with van der Waals surface area (Å²) in [5.41, 5.74) is -0.173. The van der Waals surface area contributed by atoms with Crippen LogP contribution in [0.1, 0.15) is 82.2 Å². The highest BCUT2D eigenvalue weighted by Gasteiger charge is 2.49. The van der Waals surface area contributed by atoms with Crippen molar-refractivity contribution < 1.29 is 37.6 Å². The molecule has 0 amide bonds. The maximum absolute atomic E-state index is 14.7. The van der Waals surface area contributed by atoms with Crippen LogP contribution in [0, 0.1) is 11.3 Å². The van der Waals surface area contributed by atoms with Crippen LogP contribution < -0.4 is 0 Å². The van der Waals surface area contributed by atoms with Gasteiger partial charge in [-0.05, 0) is 31.6 Å². The van der Waals surface area contributed by atoms with Crippen molar-refractivity contribution in [3.8, 4) is 11.5 Å². The first-order valence-electron chi connectivity index (χ1n) is 10.2. The Balaban J connectivity index is 1.99. The van der Waals surface area contributed by atoms with Gasteiger partial charge >= 0.3 is 17.9 Å². The lowest BCUT2D eigenvalue weighted by atomic mass is 9.86. The summed E-state index contributed by atoms with van der Waals surface area (Å²) >= 11 is 0. The summed E-state index contributed by atoms with van der Waals surface area (Å²) in [5.74, 6) is -8.48. The van der Waals surface area contributed by atoms with Crippen molar-refractivity contribution >= 4 is 11.9 Å². The third-order valence-corrected chi connectivity index (χ3v) is 5.73. The zero-order valence-electron chi connectivity index (χ0n) is 17.8. The molecule has 2 aromatic heterocycles. The second-order valence-corrected chi connectivity index (χ2v) is 9.06. The molecule has 1 aliphatic carbocycles. The maximum Gasteiger partial charge on any atom is 0.317 e. The van der Waals surface area contributed by atoms with E-state index in [1.165, 1.54) is 20.8 Å². The fraction of sp³-hybridized carbons (Fsp3) is 0.619. The van der Waals surface area contributed by atoms with Gasteiger partial charge in [0, 0.05) is 23.0 Å².